The van der Waals surface area contributed by atoms with E-state index in [0.29, 0.717) is 21.5 Å². The Balaban J connectivity index is 2.16. The van der Waals surface area contributed by atoms with Crippen LogP contribution in [0.4, 0.5) is 10.7 Å². The molecule has 0 bridgehead atoms. The highest BCUT2D eigenvalue weighted by atomic mass is 32.1. The van der Waals surface area contributed by atoms with Crippen LogP contribution in [-0.2, 0) is 0 Å². The maximum Gasteiger partial charge on any atom is 0.256 e. The minimum absolute atomic E-state index is 0.258. The first-order valence-electron chi connectivity index (χ1n) is 7.14. The number of rotatable bonds is 5. The summed E-state index contributed by atoms with van der Waals surface area (Å²) in [6.07, 6.45) is 2.36. The fourth-order valence-corrected chi connectivity index (χ4v) is 3.68. The molecule has 1 aliphatic heterocycles. The molecule has 1 amide bonds. The highest BCUT2D eigenvalue weighted by molar-refractivity contribution is 7.17. The van der Waals surface area contributed by atoms with Crippen LogP contribution in [-0.4, -0.2) is 43.5 Å². The van der Waals surface area contributed by atoms with E-state index in [1.54, 1.807) is 7.05 Å². The van der Waals surface area contributed by atoms with Crippen LogP contribution in [0.2, 0.25) is 0 Å². The molecule has 1 aromatic rings. The van der Waals surface area contributed by atoms with Gasteiger partial charge in [0.25, 0.3) is 5.91 Å². The fourth-order valence-electron chi connectivity index (χ4n) is 2.75. The van der Waals surface area contributed by atoms with E-state index in [2.05, 4.69) is 22.5 Å². The van der Waals surface area contributed by atoms with Crippen molar-refractivity contribution in [3.05, 3.63) is 10.4 Å². The van der Waals surface area contributed by atoms with Crippen LogP contribution < -0.4 is 16.4 Å². The van der Waals surface area contributed by atoms with E-state index in [4.69, 9.17) is 11.0 Å². The summed E-state index contributed by atoms with van der Waals surface area (Å²) in [5.74, 6) is -0.258. The molecule has 0 aliphatic carbocycles. The number of nitrogen functional groups attached to an aromatic ring is 1. The Morgan fingerprint density at radius 3 is 3.00 bits per heavy atom. The van der Waals surface area contributed by atoms with Crippen molar-refractivity contribution in [1.82, 2.24) is 10.2 Å². The lowest BCUT2D eigenvalue weighted by molar-refractivity contribution is 0.0965. The average Bonchev–Trinajstić information content (AvgIpc) is 3.08. The topological polar surface area (TPSA) is 94.2 Å². The monoisotopic (exact) mass is 307 g/mol. The van der Waals surface area contributed by atoms with Gasteiger partial charge in [0.15, 0.2) is 0 Å². The fraction of sp³-hybridized carbons (Fsp3) is 0.571. The average molecular weight is 307 g/mol. The molecule has 0 saturated carbocycles. The molecule has 2 rings (SSSR count). The second-order valence-corrected chi connectivity index (χ2v) is 6.07. The van der Waals surface area contributed by atoms with E-state index >= 15 is 0 Å². The molecule has 0 aromatic carbocycles. The summed E-state index contributed by atoms with van der Waals surface area (Å²) in [4.78, 5) is 14.8. The van der Waals surface area contributed by atoms with Crippen molar-refractivity contribution in [1.29, 1.82) is 5.26 Å². The van der Waals surface area contributed by atoms with E-state index in [-0.39, 0.29) is 11.6 Å². The Morgan fingerprint density at radius 2 is 2.38 bits per heavy atom. The number of anilines is 2. The minimum atomic E-state index is -0.258. The Bertz CT molecular complexity index is 562. The predicted octanol–water partition coefficient (Wildman–Crippen LogP) is 1.46. The third-order valence-corrected chi connectivity index (χ3v) is 4.97. The van der Waals surface area contributed by atoms with Crippen LogP contribution >= 0.6 is 11.3 Å². The zero-order valence-electron chi connectivity index (χ0n) is 12.4. The largest absolute Gasteiger partial charge is 0.396 e. The summed E-state index contributed by atoms with van der Waals surface area (Å²) in [5.41, 5.74) is 6.56. The van der Waals surface area contributed by atoms with Gasteiger partial charge in [-0.2, -0.15) is 5.26 Å². The van der Waals surface area contributed by atoms with Gasteiger partial charge < -0.3 is 16.4 Å². The van der Waals surface area contributed by atoms with E-state index in [1.165, 1.54) is 17.8 Å². The first-order chi connectivity index (χ1) is 10.1. The Kier molecular flexibility index (Phi) is 5.04. The number of nitrogens with one attached hydrogen (secondary N) is 2. The van der Waals surface area contributed by atoms with Gasteiger partial charge in [0.2, 0.25) is 0 Å². The number of nitriles is 1. The lowest BCUT2D eigenvalue weighted by Crippen LogP contribution is -2.34. The van der Waals surface area contributed by atoms with Gasteiger partial charge in [-0.15, -0.1) is 11.3 Å². The van der Waals surface area contributed by atoms with E-state index in [0.717, 1.165) is 26.1 Å². The summed E-state index contributed by atoms with van der Waals surface area (Å²) < 4.78 is 0. The first kappa shape index (κ1) is 15.6. The molecule has 6 nitrogen and oxygen atoms in total. The number of amides is 1. The summed E-state index contributed by atoms with van der Waals surface area (Å²) in [6.45, 7) is 5.08. The Hall–Kier alpha value is -1.78. The van der Waals surface area contributed by atoms with Crippen molar-refractivity contribution in [3.8, 4) is 6.07 Å². The van der Waals surface area contributed by atoms with Crippen LogP contribution in [0.15, 0.2) is 0 Å². The van der Waals surface area contributed by atoms with Crippen molar-refractivity contribution < 1.29 is 4.79 Å². The number of carbonyl (C=O) groups is 1. The molecule has 4 N–H and O–H groups in total. The number of nitrogens with zero attached hydrogens (tertiary/aromatic N) is 2. The lowest BCUT2D eigenvalue weighted by Gasteiger charge is -2.23. The van der Waals surface area contributed by atoms with Crippen LogP contribution in [0, 0.1) is 11.3 Å². The number of likely N-dealkylation sites (tertiary alicyclic amines) is 1. The molecule has 0 spiro atoms. The summed E-state index contributed by atoms with van der Waals surface area (Å²) >= 11 is 1.25. The number of nitrogens with two attached hydrogens (primary N) is 1. The Labute approximate surface area is 128 Å². The van der Waals surface area contributed by atoms with E-state index < -0.39 is 0 Å². The SMILES string of the molecule is CCN1CCCC1CNc1sc(C#N)c(N)c1C(=O)NC. The quantitative estimate of drug-likeness (QED) is 0.765. The molecule has 114 valence electrons. The molecule has 1 atom stereocenters. The Morgan fingerprint density at radius 1 is 1.62 bits per heavy atom. The third-order valence-electron chi connectivity index (χ3n) is 3.90. The molecule has 2 heterocycles. The van der Waals surface area contributed by atoms with Crippen LogP contribution in [0.25, 0.3) is 0 Å². The number of hydrogen-bond acceptors (Lipinski definition) is 6. The first-order valence-corrected chi connectivity index (χ1v) is 7.96. The lowest BCUT2D eigenvalue weighted by atomic mass is 10.2. The van der Waals surface area contributed by atoms with Gasteiger partial charge in [-0.3, -0.25) is 9.69 Å². The van der Waals surface area contributed by atoms with Crippen molar-refractivity contribution >= 4 is 27.9 Å². The minimum Gasteiger partial charge on any atom is -0.396 e. The second kappa shape index (κ2) is 6.78. The summed E-state index contributed by atoms with van der Waals surface area (Å²) in [7, 11) is 1.56. The van der Waals surface area contributed by atoms with E-state index in [9.17, 15) is 4.79 Å². The van der Waals surface area contributed by atoms with Gasteiger partial charge in [0.05, 0.1) is 11.3 Å². The molecule has 0 radical (unpaired) electrons. The molecule has 21 heavy (non-hydrogen) atoms. The molecule has 1 unspecified atom stereocenters. The summed E-state index contributed by atoms with van der Waals surface area (Å²) in [5, 5.41) is 15.7. The maximum absolute atomic E-state index is 12.0. The normalized spacial score (nSPS) is 18.4. The highest BCUT2D eigenvalue weighted by Crippen LogP contribution is 2.35. The van der Waals surface area contributed by atoms with Crippen LogP contribution in [0.3, 0.4) is 0 Å². The van der Waals surface area contributed by atoms with Gasteiger partial charge in [-0.05, 0) is 25.9 Å². The smallest absolute Gasteiger partial charge is 0.256 e. The molecule has 1 saturated heterocycles. The van der Waals surface area contributed by atoms with Crippen LogP contribution in [0.1, 0.15) is 35.0 Å². The molecular weight excluding hydrogens is 286 g/mol. The number of likely N-dealkylation sites (N-methyl/N-ethyl adjacent to an activating group) is 1. The van der Waals surface area contributed by atoms with Gasteiger partial charge in [0, 0.05) is 19.6 Å². The van der Waals surface area contributed by atoms with Gasteiger partial charge >= 0.3 is 0 Å². The number of carbonyl (C=O) groups excluding carboxylic acids is 1. The van der Waals surface area contributed by atoms with E-state index in [1.807, 2.05) is 6.07 Å². The van der Waals surface area contributed by atoms with Gasteiger partial charge in [-0.25, -0.2) is 0 Å². The standard InChI is InChI=1S/C14H21N5OS/c1-3-19-6-4-5-9(19)8-18-14-11(13(20)17-2)12(16)10(7-15)21-14/h9,18H,3-6,8,16H2,1-2H3,(H,17,20). The molecule has 1 fully saturated rings. The van der Waals surface area contributed by atoms with Crippen molar-refractivity contribution in [3.63, 3.8) is 0 Å². The van der Waals surface area contributed by atoms with Crippen molar-refractivity contribution in [2.45, 2.75) is 25.8 Å². The van der Waals surface area contributed by atoms with Crippen molar-refractivity contribution in [2.24, 2.45) is 0 Å². The van der Waals surface area contributed by atoms with Crippen molar-refractivity contribution in [2.75, 3.05) is 37.7 Å². The maximum atomic E-state index is 12.0. The molecule has 7 heteroatoms. The summed E-state index contributed by atoms with van der Waals surface area (Å²) in [6, 6.07) is 2.52. The third kappa shape index (κ3) is 3.12. The zero-order valence-corrected chi connectivity index (χ0v) is 13.2. The van der Waals surface area contributed by atoms with Crippen LogP contribution in [0.5, 0.6) is 0 Å². The second-order valence-electron chi connectivity index (χ2n) is 5.05. The predicted molar refractivity (Wildman–Crippen MR) is 85.6 cm³/mol. The number of thiophene rings is 1. The van der Waals surface area contributed by atoms with Gasteiger partial charge in [-0.1, -0.05) is 6.92 Å². The molecular formula is C14H21N5OS. The van der Waals surface area contributed by atoms with Gasteiger partial charge in [0.1, 0.15) is 15.9 Å². The number of hydrogen-bond donors (Lipinski definition) is 3. The highest BCUT2D eigenvalue weighted by Gasteiger charge is 2.25. The zero-order chi connectivity index (χ0) is 15.4. The molecule has 1 aliphatic rings. The molecule has 1 aromatic heterocycles.